The van der Waals surface area contributed by atoms with Crippen LogP contribution in [0.2, 0.25) is 0 Å². The van der Waals surface area contributed by atoms with Crippen LogP contribution < -0.4 is 10.1 Å². The number of hydrogen-bond acceptors (Lipinski definition) is 4. The highest BCUT2D eigenvalue weighted by Gasteiger charge is 2.12. The van der Waals surface area contributed by atoms with Gasteiger partial charge in [0.15, 0.2) is 0 Å². The molecule has 0 aliphatic rings. The van der Waals surface area contributed by atoms with Gasteiger partial charge in [0, 0.05) is 12.6 Å². The maximum atomic E-state index is 13.2. The molecular formula is C16H20FN3O. The number of hydrogen-bond donors (Lipinski definition) is 1. The average Bonchev–Trinajstić information content (AvgIpc) is 2.48. The van der Waals surface area contributed by atoms with Gasteiger partial charge in [-0.3, -0.25) is 0 Å². The lowest BCUT2D eigenvalue weighted by Gasteiger charge is -2.14. The van der Waals surface area contributed by atoms with Crippen molar-refractivity contribution in [1.29, 1.82) is 0 Å². The Morgan fingerprint density at radius 2 is 2.05 bits per heavy atom. The first-order valence-corrected chi connectivity index (χ1v) is 7.25. The van der Waals surface area contributed by atoms with E-state index in [9.17, 15) is 4.39 Å². The molecule has 0 aliphatic heterocycles. The maximum Gasteiger partial charge on any atom is 0.227 e. The van der Waals surface area contributed by atoms with E-state index in [1.807, 2.05) is 0 Å². The van der Waals surface area contributed by atoms with E-state index in [0.29, 0.717) is 11.6 Å². The molecule has 0 unspecified atom stereocenters. The topological polar surface area (TPSA) is 47.0 Å². The summed E-state index contributed by atoms with van der Waals surface area (Å²) in [4.78, 5) is 8.47. The van der Waals surface area contributed by atoms with Gasteiger partial charge in [-0.2, -0.15) is 0 Å². The van der Waals surface area contributed by atoms with Gasteiger partial charge in [-0.25, -0.2) is 14.4 Å². The summed E-state index contributed by atoms with van der Waals surface area (Å²) in [5.41, 5.74) is 0.928. The number of rotatable bonds is 7. The average molecular weight is 289 g/mol. The zero-order valence-corrected chi connectivity index (χ0v) is 12.4. The third-order valence-corrected chi connectivity index (χ3v) is 2.96. The molecule has 112 valence electrons. The van der Waals surface area contributed by atoms with E-state index in [1.54, 1.807) is 12.1 Å². The molecule has 0 saturated heterocycles. The lowest BCUT2D eigenvalue weighted by atomic mass is 10.1. The van der Waals surface area contributed by atoms with Crippen LogP contribution >= 0.6 is 0 Å². The van der Waals surface area contributed by atoms with Gasteiger partial charge in [-0.05, 0) is 25.0 Å². The number of halogens is 1. The third-order valence-electron chi connectivity index (χ3n) is 2.96. The van der Waals surface area contributed by atoms with Gasteiger partial charge in [-0.15, -0.1) is 0 Å². The van der Waals surface area contributed by atoms with Crippen LogP contribution in [-0.4, -0.2) is 16.5 Å². The van der Waals surface area contributed by atoms with Crippen molar-refractivity contribution in [2.75, 3.05) is 11.9 Å². The van der Waals surface area contributed by atoms with E-state index < -0.39 is 0 Å². The van der Waals surface area contributed by atoms with Gasteiger partial charge in [0.1, 0.15) is 23.7 Å². The van der Waals surface area contributed by atoms with E-state index in [0.717, 1.165) is 37.2 Å². The molecule has 0 saturated carbocycles. The number of nitrogens with one attached hydrogen (secondary N) is 1. The van der Waals surface area contributed by atoms with Gasteiger partial charge < -0.3 is 10.1 Å². The van der Waals surface area contributed by atoms with E-state index in [4.69, 9.17) is 4.74 Å². The lowest BCUT2D eigenvalue weighted by molar-refractivity contribution is 0.450. The number of nitrogens with zero attached hydrogens (tertiary/aromatic N) is 2. The third kappa shape index (κ3) is 4.15. The van der Waals surface area contributed by atoms with Crippen LogP contribution in [0.1, 0.15) is 32.3 Å². The molecule has 4 nitrogen and oxygen atoms in total. The minimum atomic E-state index is -0.331. The molecule has 2 rings (SSSR count). The summed E-state index contributed by atoms with van der Waals surface area (Å²) in [6, 6.07) is 6.05. The summed E-state index contributed by atoms with van der Waals surface area (Å²) in [6.45, 7) is 5.02. The van der Waals surface area contributed by atoms with E-state index in [2.05, 4.69) is 29.1 Å². The fraction of sp³-hybridized carbons (Fsp3) is 0.375. The highest BCUT2D eigenvalue weighted by molar-refractivity contribution is 5.49. The summed E-state index contributed by atoms with van der Waals surface area (Å²) < 4.78 is 19.0. The van der Waals surface area contributed by atoms with Crippen LogP contribution in [0.5, 0.6) is 11.6 Å². The Bertz CT molecular complexity index is 589. The number of benzene rings is 1. The number of aromatic nitrogens is 2. The molecule has 0 aliphatic carbocycles. The molecule has 0 radical (unpaired) electrons. The zero-order chi connectivity index (χ0) is 15.1. The van der Waals surface area contributed by atoms with Crippen molar-refractivity contribution in [3.8, 4) is 11.6 Å². The minimum Gasteiger partial charge on any atom is -0.438 e. The Morgan fingerprint density at radius 1 is 1.19 bits per heavy atom. The van der Waals surface area contributed by atoms with Crippen LogP contribution in [0.15, 0.2) is 30.6 Å². The molecule has 0 spiro atoms. The van der Waals surface area contributed by atoms with Crippen molar-refractivity contribution < 1.29 is 9.13 Å². The van der Waals surface area contributed by atoms with Crippen LogP contribution in [0, 0.1) is 5.82 Å². The first-order chi connectivity index (χ1) is 10.2. The standard InChI is InChI=1S/C16H20FN3O/c1-3-6-14-15(18-9-4-2)19-11-20-16(14)21-13-8-5-7-12(17)10-13/h5,7-8,10-11H,3-4,6,9H2,1-2H3,(H,18,19,20). The van der Waals surface area contributed by atoms with Crippen molar-refractivity contribution in [2.45, 2.75) is 33.1 Å². The minimum absolute atomic E-state index is 0.331. The quantitative estimate of drug-likeness (QED) is 0.830. The molecule has 5 heteroatoms. The van der Waals surface area contributed by atoms with Gasteiger partial charge in [0.25, 0.3) is 0 Å². The van der Waals surface area contributed by atoms with Gasteiger partial charge in [0.05, 0.1) is 5.56 Å². The molecule has 0 fully saturated rings. The summed E-state index contributed by atoms with van der Waals surface area (Å²) >= 11 is 0. The van der Waals surface area contributed by atoms with Crippen LogP contribution in [0.3, 0.4) is 0 Å². The summed E-state index contributed by atoms with van der Waals surface area (Å²) in [7, 11) is 0. The van der Waals surface area contributed by atoms with Crippen molar-refractivity contribution in [2.24, 2.45) is 0 Å². The van der Waals surface area contributed by atoms with Gasteiger partial charge in [-0.1, -0.05) is 26.3 Å². The van der Waals surface area contributed by atoms with Crippen LogP contribution in [0.4, 0.5) is 10.2 Å². The molecule has 1 heterocycles. The predicted octanol–water partition coefficient (Wildman–Crippen LogP) is 4.18. The molecule has 2 aromatic rings. The maximum absolute atomic E-state index is 13.2. The van der Waals surface area contributed by atoms with E-state index >= 15 is 0 Å². The van der Waals surface area contributed by atoms with Crippen molar-refractivity contribution >= 4 is 5.82 Å². The predicted molar refractivity (Wildman–Crippen MR) is 81.3 cm³/mol. The highest BCUT2D eigenvalue weighted by Crippen LogP contribution is 2.28. The summed E-state index contributed by atoms with van der Waals surface area (Å²) in [5.74, 6) is 1.38. The van der Waals surface area contributed by atoms with Gasteiger partial charge >= 0.3 is 0 Å². The SMILES string of the molecule is CCCNc1ncnc(Oc2cccc(F)c2)c1CCC. The van der Waals surface area contributed by atoms with Crippen molar-refractivity contribution in [3.05, 3.63) is 42.0 Å². The number of ether oxygens (including phenoxy) is 1. The van der Waals surface area contributed by atoms with Crippen molar-refractivity contribution in [3.63, 3.8) is 0 Å². The van der Waals surface area contributed by atoms with Crippen molar-refractivity contribution in [1.82, 2.24) is 9.97 Å². The monoisotopic (exact) mass is 289 g/mol. The Kier molecular flexibility index (Phi) is 5.49. The van der Waals surface area contributed by atoms with E-state index in [-0.39, 0.29) is 5.82 Å². The first kappa shape index (κ1) is 15.2. The fourth-order valence-electron chi connectivity index (χ4n) is 2.00. The highest BCUT2D eigenvalue weighted by atomic mass is 19.1. The molecule has 0 amide bonds. The normalized spacial score (nSPS) is 10.4. The molecule has 0 atom stereocenters. The fourth-order valence-corrected chi connectivity index (χ4v) is 2.00. The molecule has 21 heavy (non-hydrogen) atoms. The van der Waals surface area contributed by atoms with Crippen LogP contribution in [0.25, 0.3) is 0 Å². The zero-order valence-electron chi connectivity index (χ0n) is 12.4. The van der Waals surface area contributed by atoms with Crippen LogP contribution in [-0.2, 0) is 6.42 Å². The van der Waals surface area contributed by atoms with E-state index in [1.165, 1.54) is 18.5 Å². The smallest absolute Gasteiger partial charge is 0.227 e. The largest absolute Gasteiger partial charge is 0.438 e. The Morgan fingerprint density at radius 3 is 2.76 bits per heavy atom. The molecule has 1 aromatic carbocycles. The Hall–Kier alpha value is -2.17. The second kappa shape index (κ2) is 7.57. The Balaban J connectivity index is 2.28. The molecular weight excluding hydrogens is 269 g/mol. The number of anilines is 1. The second-order valence-electron chi connectivity index (χ2n) is 4.74. The molecule has 0 bridgehead atoms. The molecule has 1 N–H and O–H groups in total. The Labute approximate surface area is 124 Å². The van der Waals surface area contributed by atoms with Gasteiger partial charge in [0.2, 0.25) is 5.88 Å². The first-order valence-electron chi connectivity index (χ1n) is 7.25. The summed E-state index contributed by atoms with van der Waals surface area (Å²) in [6.07, 6.45) is 4.23. The second-order valence-corrected chi connectivity index (χ2v) is 4.74. The molecule has 1 aromatic heterocycles. The lowest BCUT2D eigenvalue weighted by Crippen LogP contribution is -2.07. The summed E-state index contributed by atoms with van der Waals surface area (Å²) in [5, 5.41) is 3.28.